The van der Waals surface area contributed by atoms with Crippen molar-refractivity contribution in [2.75, 3.05) is 31.0 Å². The number of pyridine rings is 1. The van der Waals surface area contributed by atoms with Crippen LogP contribution < -0.4 is 5.32 Å². The van der Waals surface area contributed by atoms with Gasteiger partial charge in [0.15, 0.2) is 0 Å². The van der Waals surface area contributed by atoms with E-state index in [2.05, 4.69) is 15.0 Å². The molecule has 0 radical (unpaired) electrons. The molecular formula is C10H14N2O3S. The molecule has 1 atom stereocenters. The van der Waals surface area contributed by atoms with E-state index >= 15 is 0 Å². The summed E-state index contributed by atoms with van der Waals surface area (Å²) in [4.78, 5) is 15.4. The molecule has 1 rings (SSSR count). The summed E-state index contributed by atoms with van der Waals surface area (Å²) < 4.78 is 15.5. The van der Waals surface area contributed by atoms with Crippen molar-refractivity contribution in [3.8, 4) is 0 Å². The standard InChI is InChI=1S/C10H14N2O3S/c1-15-10(13)8-4-3-5-11-9(8)12-6-7-16(2)14/h3-5H,6-7H2,1-2H3,(H,11,12). The molecular weight excluding hydrogens is 228 g/mol. The lowest BCUT2D eigenvalue weighted by molar-refractivity contribution is 0.0601. The first kappa shape index (κ1) is 12.6. The first-order valence-electron chi connectivity index (χ1n) is 4.72. The number of hydrogen-bond donors (Lipinski definition) is 1. The van der Waals surface area contributed by atoms with Crippen LogP contribution in [-0.2, 0) is 15.5 Å². The molecule has 1 N–H and O–H groups in total. The average Bonchev–Trinajstić information content (AvgIpc) is 2.28. The van der Waals surface area contributed by atoms with E-state index in [-0.39, 0.29) is 0 Å². The first-order chi connectivity index (χ1) is 7.65. The molecule has 1 unspecified atom stereocenters. The van der Waals surface area contributed by atoms with E-state index in [1.807, 2.05) is 0 Å². The van der Waals surface area contributed by atoms with Gasteiger partial charge in [-0.25, -0.2) is 9.78 Å². The van der Waals surface area contributed by atoms with Crippen molar-refractivity contribution in [2.45, 2.75) is 0 Å². The summed E-state index contributed by atoms with van der Waals surface area (Å²) in [5.41, 5.74) is 0.381. The van der Waals surface area contributed by atoms with E-state index in [9.17, 15) is 9.00 Å². The fourth-order valence-corrected chi connectivity index (χ4v) is 1.52. The molecule has 0 aliphatic rings. The van der Waals surface area contributed by atoms with E-state index in [4.69, 9.17) is 0 Å². The Morgan fingerprint density at radius 2 is 2.38 bits per heavy atom. The number of methoxy groups -OCH3 is 1. The van der Waals surface area contributed by atoms with E-state index < -0.39 is 16.8 Å². The third kappa shape index (κ3) is 3.62. The predicted molar refractivity (Wildman–Crippen MR) is 63.0 cm³/mol. The van der Waals surface area contributed by atoms with Crippen molar-refractivity contribution >= 4 is 22.6 Å². The van der Waals surface area contributed by atoms with Gasteiger partial charge in [-0.15, -0.1) is 0 Å². The fraction of sp³-hybridized carbons (Fsp3) is 0.400. The molecule has 0 amide bonds. The molecule has 0 fully saturated rings. The maximum Gasteiger partial charge on any atom is 0.341 e. The van der Waals surface area contributed by atoms with Gasteiger partial charge in [0.2, 0.25) is 0 Å². The lowest BCUT2D eigenvalue weighted by atomic mass is 10.2. The number of ether oxygens (including phenoxy) is 1. The van der Waals surface area contributed by atoms with E-state index in [1.54, 1.807) is 24.6 Å². The largest absolute Gasteiger partial charge is 0.465 e. The number of carbonyl (C=O) groups is 1. The van der Waals surface area contributed by atoms with Gasteiger partial charge in [-0.2, -0.15) is 0 Å². The minimum Gasteiger partial charge on any atom is -0.465 e. The molecule has 0 bridgehead atoms. The second-order valence-electron chi connectivity index (χ2n) is 3.10. The predicted octanol–water partition coefficient (Wildman–Crippen LogP) is 0.659. The van der Waals surface area contributed by atoms with Crippen LogP contribution in [0.25, 0.3) is 0 Å². The Kier molecular flexibility index (Phi) is 4.91. The zero-order chi connectivity index (χ0) is 12.0. The summed E-state index contributed by atoms with van der Waals surface area (Å²) in [6, 6.07) is 3.29. The Balaban J connectivity index is 2.71. The summed E-state index contributed by atoms with van der Waals surface area (Å²) in [5.74, 6) is 0.532. The fourth-order valence-electron chi connectivity index (χ4n) is 1.13. The van der Waals surface area contributed by atoms with Crippen LogP contribution in [-0.4, -0.2) is 40.8 Å². The van der Waals surface area contributed by atoms with Gasteiger partial charge < -0.3 is 10.1 Å². The molecule has 0 aromatic carbocycles. The molecule has 88 valence electrons. The Hall–Kier alpha value is -1.43. The van der Waals surface area contributed by atoms with Crippen LogP contribution in [0.1, 0.15) is 10.4 Å². The van der Waals surface area contributed by atoms with Crippen molar-refractivity contribution in [2.24, 2.45) is 0 Å². The Morgan fingerprint density at radius 1 is 1.62 bits per heavy atom. The maximum absolute atomic E-state index is 11.4. The molecule has 0 aliphatic heterocycles. The van der Waals surface area contributed by atoms with Crippen molar-refractivity contribution < 1.29 is 13.7 Å². The van der Waals surface area contributed by atoms with Gasteiger partial charge in [-0.3, -0.25) is 4.21 Å². The molecule has 0 aliphatic carbocycles. The Bertz CT molecular complexity index is 395. The lowest BCUT2D eigenvalue weighted by Gasteiger charge is -2.08. The van der Waals surface area contributed by atoms with Gasteiger partial charge in [0.1, 0.15) is 11.4 Å². The number of hydrogen-bond acceptors (Lipinski definition) is 5. The SMILES string of the molecule is COC(=O)c1cccnc1NCCS(C)=O. The molecule has 5 nitrogen and oxygen atoms in total. The van der Waals surface area contributed by atoms with Crippen molar-refractivity contribution in [3.05, 3.63) is 23.9 Å². The number of carbonyl (C=O) groups excluding carboxylic acids is 1. The van der Waals surface area contributed by atoms with Gasteiger partial charge in [0.25, 0.3) is 0 Å². The molecule has 1 heterocycles. The topological polar surface area (TPSA) is 68.3 Å². The van der Waals surface area contributed by atoms with Crippen LogP contribution in [0.2, 0.25) is 0 Å². The van der Waals surface area contributed by atoms with Crippen molar-refractivity contribution in [1.29, 1.82) is 0 Å². The van der Waals surface area contributed by atoms with Gasteiger partial charge in [0.05, 0.1) is 7.11 Å². The summed E-state index contributed by atoms with van der Waals surface area (Å²) in [6.45, 7) is 0.504. The smallest absolute Gasteiger partial charge is 0.341 e. The second kappa shape index (κ2) is 6.22. The van der Waals surface area contributed by atoms with Crippen molar-refractivity contribution in [1.82, 2.24) is 4.98 Å². The second-order valence-corrected chi connectivity index (χ2v) is 4.65. The van der Waals surface area contributed by atoms with Crippen LogP contribution >= 0.6 is 0 Å². The van der Waals surface area contributed by atoms with Crippen LogP contribution in [0.15, 0.2) is 18.3 Å². The van der Waals surface area contributed by atoms with Crippen molar-refractivity contribution in [3.63, 3.8) is 0 Å². The highest BCUT2D eigenvalue weighted by Gasteiger charge is 2.11. The number of esters is 1. The minimum absolute atomic E-state index is 0.381. The number of aromatic nitrogens is 1. The highest BCUT2D eigenvalue weighted by atomic mass is 32.2. The summed E-state index contributed by atoms with van der Waals surface area (Å²) in [6.07, 6.45) is 3.21. The number of anilines is 1. The molecule has 1 aromatic heterocycles. The average molecular weight is 242 g/mol. The van der Waals surface area contributed by atoms with Gasteiger partial charge in [-0.05, 0) is 12.1 Å². The number of nitrogens with zero attached hydrogens (tertiary/aromatic N) is 1. The first-order valence-corrected chi connectivity index (χ1v) is 6.45. The Labute approximate surface area is 96.7 Å². The zero-order valence-corrected chi connectivity index (χ0v) is 10.0. The molecule has 0 saturated heterocycles. The zero-order valence-electron chi connectivity index (χ0n) is 9.23. The molecule has 16 heavy (non-hydrogen) atoms. The van der Waals surface area contributed by atoms with E-state index in [0.29, 0.717) is 23.7 Å². The normalized spacial score (nSPS) is 11.9. The quantitative estimate of drug-likeness (QED) is 0.768. The van der Waals surface area contributed by atoms with Crippen LogP contribution in [0.4, 0.5) is 5.82 Å². The summed E-state index contributed by atoms with van der Waals surface area (Å²) in [5, 5.41) is 2.95. The number of rotatable bonds is 5. The van der Waals surface area contributed by atoms with Crippen LogP contribution in [0.5, 0.6) is 0 Å². The third-order valence-corrected chi connectivity index (χ3v) is 2.67. The highest BCUT2D eigenvalue weighted by molar-refractivity contribution is 7.84. The lowest BCUT2D eigenvalue weighted by Crippen LogP contribution is -2.14. The van der Waals surface area contributed by atoms with Gasteiger partial charge in [0, 0.05) is 35.5 Å². The molecule has 6 heteroatoms. The molecule has 0 saturated carbocycles. The summed E-state index contributed by atoms with van der Waals surface area (Å²) >= 11 is 0. The van der Waals surface area contributed by atoms with E-state index in [1.165, 1.54) is 7.11 Å². The monoisotopic (exact) mass is 242 g/mol. The van der Waals surface area contributed by atoms with Gasteiger partial charge >= 0.3 is 5.97 Å². The highest BCUT2D eigenvalue weighted by Crippen LogP contribution is 2.11. The Morgan fingerprint density at radius 3 is 3.00 bits per heavy atom. The molecule has 0 spiro atoms. The minimum atomic E-state index is -0.865. The van der Waals surface area contributed by atoms with E-state index in [0.717, 1.165) is 0 Å². The number of nitrogens with one attached hydrogen (secondary N) is 1. The third-order valence-electron chi connectivity index (χ3n) is 1.89. The van der Waals surface area contributed by atoms with Crippen LogP contribution in [0.3, 0.4) is 0 Å². The molecule has 1 aromatic rings. The maximum atomic E-state index is 11.4. The van der Waals surface area contributed by atoms with Crippen LogP contribution in [0, 0.1) is 0 Å². The van der Waals surface area contributed by atoms with Gasteiger partial charge in [-0.1, -0.05) is 0 Å². The summed E-state index contributed by atoms with van der Waals surface area (Å²) in [7, 11) is 0.455.